The molecule has 0 fully saturated rings. The van der Waals surface area contributed by atoms with Gasteiger partial charge in [0.05, 0.1) is 11.1 Å². The van der Waals surface area contributed by atoms with Gasteiger partial charge < -0.3 is 10.2 Å². The predicted molar refractivity (Wildman–Crippen MR) is 132 cm³/mol. The van der Waals surface area contributed by atoms with Crippen molar-refractivity contribution < 1.29 is 9.59 Å². The number of benzene rings is 1. The molecule has 0 saturated heterocycles. The Bertz CT molecular complexity index is 817. The number of pyridine rings is 1. The minimum atomic E-state index is -0.505. The average Bonchev–Trinajstić information content (AvgIpc) is 2.80. The van der Waals surface area contributed by atoms with Gasteiger partial charge in [-0.3, -0.25) is 14.6 Å². The molecule has 5 nitrogen and oxygen atoms in total. The molecule has 1 aromatic carbocycles. The van der Waals surface area contributed by atoms with E-state index in [1.165, 1.54) is 0 Å². The number of aromatic nitrogens is 1. The van der Waals surface area contributed by atoms with Gasteiger partial charge in [-0.15, -0.1) is 0 Å². The van der Waals surface area contributed by atoms with Gasteiger partial charge in [0.25, 0.3) is 5.91 Å². The van der Waals surface area contributed by atoms with E-state index in [9.17, 15) is 9.59 Å². The summed E-state index contributed by atoms with van der Waals surface area (Å²) in [5.74, 6) is 0.632. The lowest BCUT2D eigenvalue weighted by molar-refractivity contribution is -0.133. The number of rotatable bonds is 14. The number of nitrogens with zero attached hydrogens (tertiary/aromatic N) is 2. The first-order chi connectivity index (χ1) is 15.1. The lowest BCUT2D eigenvalue weighted by Gasteiger charge is -2.28. The van der Waals surface area contributed by atoms with Crippen molar-refractivity contribution in [3.63, 3.8) is 0 Å². The Morgan fingerprint density at radius 2 is 1.74 bits per heavy atom. The smallest absolute Gasteiger partial charge is 0.253 e. The Balaban J connectivity index is 2.13. The summed E-state index contributed by atoms with van der Waals surface area (Å²) in [5, 5.41) is 3.93. The second-order valence-corrected chi connectivity index (χ2v) is 8.95. The molecule has 2 aromatic rings. The van der Waals surface area contributed by atoms with E-state index in [0.717, 1.165) is 68.3 Å². The number of carbonyl (C=O) groups is 2. The maximum atomic E-state index is 13.4. The SMILES string of the molecule is CCCCCN(CCCCC)C(=O)[C@@H](CCSC)NC(=O)c1cnc2ccccc2c1. The second-order valence-electron chi connectivity index (χ2n) is 7.96. The summed E-state index contributed by atoms with van der Waals surface area (Å²) in [5.41, 5.74) is 1.34. The maximum absolute atomic E-state index is 13.4. The van der Waals surface area contributed by atoms with E-state index in [1.807, 2.05) is 41.5 Å². The van der Waals surface area contributed by atoms with Crippen LogP contribution in [0.25, 0.3) is 10.9 Å². The Morgan fingerprint density at radius 1 is 1.06 bits per heavy atom. The summed E-state index contributed by atoms with van der Waals surface area (Å²) in [6.45, 7) is 5.86. The highest BCUT2D eigenvalue weighted by molar-refractivity contribution is 7.98. The van der Waals surface area contributed by atoms with Crippen LogP contribution in [0.4, 0.5) is 0 Å². The van der Waals surface area contributed by atoms with E-state index in [2.05, 4.69) is 24.1 Å². The molecule has 31 heavy (non-hydrogen) atoms. The molecule has 1 atom stereocenters. The van der Waals surface area contributed by atoms with Crippen LogP contribution < -0.4 is 5.32 Å². The molecule has 0 unspecified atom stereocenters. The minimum absolute atomic E-state index is 0.0448. The second kappa shape index (κ2) is 14.1. The number of amides is 2. The quantitative estimate of drug-likeness (QED) is 0.403. The Kier molecular flexibility index (Phi) is 11.4. The van der Waals surface area contributed by atoms with E-state index in [1.54, 1.807) is 18.0 Å². The molecule has 1 N–H and O–H groups in total. The number of hydrogen-bond acceptors (Lipinski definition) is 4. The van der Waals surface area contributed by atoms with Gasteiger partial charge in [0.1, 0.15) is 6.04 Å². The van der Waals surface area contributed by atoms with E-state index >= 15 is 0 Å². The van der Waals surface area contributed by atoms with Crippen LogP contribution in [0.2, 0.25) is 0 Å². The third kappa shape index (κ3) is 8.17. The molecular weight excluding hydrogens is 406 g/mol. The lowest BCUT2D eigenvalue weighted by Crippen LogP contribution is -2.49. The van der Waals surface area contributed by atoms with Crippen LogP contribution in [0.1, 0.15) is 69.2 Å². The lowest BCUT2D eigenvalue weighted by atomic mass is 10.1. The topological polar surface area (TPSA) is 62.3 Å². The zero-order valence-electron chi connectivity index (χ0n) is 19.2. The highest BCUT2D eigenvalue weighted by Gasteiger charge is 2.26. The minimum Gasteiger partial charge on any atom is -0.341 e. The zero-order valence-corrected chi connectivity index (χ0v) is 20.0. The average molecular weight is 444 g/mol. The largest absolute Gasteiger partial charge is 0.341 e. The van der Waals surface area contributed by atoms with E-state index < -0.39 is 6.04 Å². The van der Waals surface area contributed by atoms with Gasteiger partial charge in [0.2, 0.25) is 5.91 Å². The highest BCUT2D eigenvalue weighted by atomic mass is 32.2. The fraction of sp³-hybridized carbons (Fsp3) is 0.560. The summed E-state index contributed by atoms with van der Waals surface area (Å²) in [6, 6.07) is 9.06. The summed E-state index contributed by atoms with van der Waals surface area (Å²) < 4.78 is 0. The van der Waals surface area contributed by atoms with Gasteiger partial charge in [-0.2, -0.15) is 11.8 Å². The molecule has 0 bridgehead atoms. The molecule has 1 heterocycles. The van der Waals surface area contributed by atoms with E-state index in [-0.39, 0.29) is 11.8 Å². The molecule has 0 aliphatic rings. The molecule has 6 heteroatoms. The fourth-order valence-electron chi connectivity index (χ4n) is 3.59. The van der Waals surface area contributed by atoms with Gasteiger partial charge in [0, 0.05) is 24.7 Å². The predicted octanol–water partition coefficient (Wildman–Crippen LogP) is 5.30. The number of fused-ring (bicyclic) bond motifs is 1. The summed E-state index contributed by atoms with van der Waals surface area (Å²) in [4.78, 5) is 32.7. The summed E-state index contributed by atoms with van der Waals surface area (Å²) >= 11 is 1.69. The maximum Gasteiger partial charge on any atom is 0.253 e. The van der Waals surface area contributed by atoms with Gasteiger partial charge in [-0.1, -0.05) is 57.7 Å². The fourth-order valence-corrected chi connectivity index (χ4v) is 4.06. The Hall–Kier alpha value is -2.08. The summed E-state index contributed by atoms with van der Waals surface area (Å²) in [7, 11) is 0. The third-order valence-corrected chi connectivity index (χ3v) is 6.09. The van der Waals surface area contributed by atoms with Crippen LogP contribution >= 0.6 is 11.8 Å². The van der Waals surface area contributed by atoms with Crippen molar-refractivity contribution in [3.8, 4) is 0 Å². The van der Waals surface area contributed by atoms with Crippen LogP contribution in [0, 0.1) is 0 Å². The number of carbonyl (C=O) groups excluding carboxylic acids is 2. The molecule has 0 spiro atoms. The standard InChI is InChI=1S/C25H37N3O2S/c1-4-6-10-15-28(16-11-7-5-2)25(30)23(14-17-31-3)27-24(29)21-18-20-12-8-9-13-22(20)26-19-21/h8-9,12-13,18-19,23H,4-7,10-11,14-17H2,1-3H3,(H,27,29)/t23-/m1/s1. The molecule has 170 valence electrons. The van der Waals surface area contributed by atoms with E-state index in [0.29, 0.717) is 12.0 Å². The molecule has 2 amide bonds. The first-order valence-electron chi connectivity index (χ1n) is 11.5. The molecule has 0 saturated carbocycles. The Morgan fingerprint density at radius 3 is 2.39 bits per heavy atom. The molecule has 0 aliphatic heterocycles. The van der Waals surface area contributed by atoms with E-state index in [4.69, 9.17) is 0 Å². The molecule has 0 aliphatic carbocycles. The molecule has 2 rings (SSSR count). The zero-order chi connectivity index (χ0) is 22.5. The molecule has 0 radical (unpaired) electrons. The van der Waals surface area contributed by atoms with Crippen molar-refractivity contribution in [3.05, 3.63) is 42.1 Å². The van der Waals surface area contributed by atoms with Crippen LogP contribution in [-0.2, 0) is 4.79 Å². The van der Waals surface area contributed by atoms with Crippen molar-refractivity contribution in [2.75, 3.05) is 25.1 Å². The first kappa shape index (κ1) is 25.2. The molecule has 1 aromatic heterocycles. The van der Waals surface area contributed by atoms with Crippen molar-refractivity contribution in [1.82, 2.24) is 15.2 Å². The van der Waals surface area contributed by atoms with Crippen LogP contribution in [-0.4, -0.2) is 52.8 Å². The summed E-state index contributed by atoms with van der Waals surface area (Å²) in [6.07, 6.45) is 10.7. The van der Waals surface area contributed by atoms with Crippen molar-refractivity contribution in [1.29, 1.82) is 0 Å². The van der Waals surface area contributed by atoms with Crippen LogP contribution in [0.5, 0.6) is 0 Å². The van der Waals surface area contributed by atoms with Crippen LogP contribution in [0.15, 0.2) is 36.5 Å². The van der Waals surface area contributed by atoms with Gasteiger partial charge in [0.15, 0.2) is 0 Å². The van der Waals surface area contributed by atoms with Crippen molar-refractivity contribution in [2.24, 2.45) is 0 Å². The third-order valence-electron chi connectivity index (χ3n) is 5.44. The van der Waals surface area contributed by atoms with Crippen LogP contribution in [0.3, 0.4) is 0 Å². The molecular formula is C25H37N3O2S. The van der Waals surface area contributed by atoms with Gasteiger partial charge in [-0.25, -0.2) is 0 Å². The van der Waals surface area contributed by atoms with Gasteiger partial charge >= 0.3 is 0 Å². The number of thioether (sulfide) groups is 1. The van der Waals surface area contributed by atoms with Crippen molar-refractivity contribution >= 4 is 34.5 Å². The number of hydrogen-bond donors (Lipinski definition) is 1. The Labute approximate surface area is 191 Å². The highest BCUT2D eigenvalue weighted by Crippen LogP contribution is 2.14. The number of unbranched alkanes of at least 4 members (excludes halogenated alkanes) is 4. The normalized spacial score (nSPS) is 12.0. The first-order valence-corrected chi connectivity index (χ1v) is 12.9. The number of para-hydroxylation sites is 1. The van der Waals surface area contributed by atoms with Gasteiger partial charge in [-0.05, 0) is 43.4 Å². The van der Waals surface area contributed by atoms with Crippen molar-refractivity contribution in [2.45, 2.75) is 64.8 Å². The monoisotopic (exact) mass is 443 g/mol. The number of nitrogens with one attached hydrogen (secondary N) is 1.